The molecule has 0 spiro atoms. The van der Waals surface area contributed by atoms with E-state index in [0.29, 0.717) is 22.7 Å². The molecule has 0 atom stereocenters. The number of imide groups is 1. The van der Waals surface area contributed by atoms with Gasteiger partial charge < -0.3 is 14.8 Å². The fourth-order valence-electron chi connectivity index (χ4n) is 3.52. The number of rotatable bonds is 7. The van der Waals surface area contributed by atoms with Gasteiger partial charge in [0.25, 0.3) is 17.5 Å². The third-order valence-electron chi connectivity index (χ3n) is 5.20. The summed E-state index contributed by atoms with van der Waals surface area (Å²) in [6, 6.07) is 15.0. The standard InChI is InChI=1S/C24H18FN3O6/c1-33-18-11-12-19(20(13-18)34-2)26-22-21(14-3-7-17(8-4-14)28(31)32)23(29)27(24(22)30)16-9-5-15(25)6-10-16/h3-13,26H,1-2H3. The summed E-state index contributed by atoms with van der Waals surface area (Å²) < 4.78 is 24.0. The predicted molar refractivity (Wildman–Crippen MR) is 122 cm³/mol. The molecule has 0 saturated carbocycles. The lowest BCUT2D eigenvalue weighted by atomic mass is 10.0. The molecule has 0 radical (unpaired) electrons. The number of nitro benzene ring substituents is 1. The lowest BCUT2D eigenvalue weighted by Gasteiger charge is -2.16. The van der Waals surface area contributed by atoms with Gasteiger partial charge in [-0.1, -0.05) is 0 Å². The van der Waals surface area contributed by atoms with E-state index in [9.17, 15) is 24.1 Å². The van der Waals surface area contributed by atoms with Crippen LogP contribution in [0.1, 0.15) is 5.56 Å². The fourth-order valence-corrected chi connectivity index (χ4v) is 3.52. The number of carbonyl (C=O) groups is 2. The van der Waals surface area contributed by atoms with E-state index in [1.54, 1.807) is 18.2 Å². The lowest BCUT2D eigenvalue weighted by molar-refractivity contribution is -0.384. The average Bonchev–Trinajstić information content (AvgIpc) is 3.09. The molecule has 1 aliphatic heterocycles. The third kappa shape index (κ3) is 4.04. The van der Waals surface area contributed by atoms with Gasteiger partial charge in [-0.25, -0.2) is 9.29 Å². The Bertz CT molecular complexity index is 1320. The van der Waals surface area contributed by atoms with Gasteiger partial charge in [-0.05, 0) is 54.1 Å². The number of amides is 2. The lowest BCUT2D eigenvalue weighted by Crippen LogP contribution is -2.32. The van der Waals surface area contributed by atoms with Crippen LogP contribution in [0.2, 0.25) is 0 Å². The van der Waals surface area contributed by atoms with E-state index in [1.165, 1.54) is 50.6 Å². The number of halogens is 1. The topological polar surface area (TPSA) is 111 Å². The fraction of sp³-hybridized carbons (Fsp3) is 0.0833. The molecule has 0 aliphatic carbocycles. The SMILES string of the molecule is COc1ccc(NC2=C(c3ccc([N+](=O)[O-])cc3)C(=O)N(c3ccc(F)cc3)C2=O)c(OC)c1. The molecular formula is C24H18FN3O6. The first kappa shape index (κ1) is 22.5. The van der Waals surface area contributed by atoms with Crippen LogP contribution in [0.25, 0.3) is 5.57 Å². The largest absolute Gasteiger partial charge is 0.497 e. The van der Waals surface area contributed by atoms with Crippen molar-refractivity contribution >= 4 is 34.4 Å². The Labute approximate surface area is 193 Å². The molecule has 0 bridgehead atoms. The van der Waals surface area contributed by atoms with E-state index in [1.807, 2.05) is 0 Å². The molecule has 172 valence electrons. The van der Waals surface area contributed by atoms with Crippen molar-refractivity contribution in [2.75, 3.05) is 24.4 Å². The Balaban J connectivity index is 1.83. The minimum Gasteiger partial charge on any atom is -0.497 e. The highest BCUT2D eigenvalue weighted by atomic mass is 19.1. The summed E-state index contributed by atoms with van der Waals surface area (Å²) in [4.78, 5) is 38.2. The molecule has 0 saturated heterocycles. The predicted octanol–water partition coefficient (Wildman–Crippen LogP) is 4.15. The van der Waals surface area contributed by atoms with Crippen LogP contribution < -0.4 is 19.7 Å². The van der Waals surface area contributed by atoms with Crippen LogP contribution in [0.5, 0.6) is 11.5 Å². The van der Waals surface area contributed by atoms with Crippen molar-refractivity contribution < 1.29 is 28.4 Å². The van der Waals surface area contributed by atoms with E-state index < -0.39 is 22.6 Å². The summed E-state index contributed by atoms with van der Waals surface area (Å²) in [5, 5.41) is 14.0. The van der Waals surface area contributed by atoms with Gasteiger partial charge in [-0.15, -0.1) is 0 Å². The number of benzene rings is 3. The molecule has 1 aliphatic rings. The molecule has 10 heteroatoms. The average molecular weight is 463 g/mol. The molecule has 4 rings (SSSR count). The van der Waals surface area contributed by atoms with Crippen molar-refractivity contribution in [2.45, 2.75) is 0 Å². The van der Waals surface area contributed by atoms with E-state index in [2.05, 4.69) is 5.32 Å². The maximum Gasteiger partial charge on any atom is 0.282 e. The first-order valence-corrected chi connectivity index (χ1v) is 9.96. The van der Waals surface area contributed by atoms with Gasteiger partial charge in [0.15, 0.2) is 0 Å². The van der Waals surface area contributed by atoms with Crippen LogP contribution >= 0.6 is 0 Å². The number of carbonyl (C=O) groups excluding carboxylic acids is 2. The summed E-state index contributed by atoms with van der Waals surface area (Å²) >= 11 is 0. The number of nitrogens with one attached hydrogen (secondary N) is 1. The molecule has 1 heterocycles. The van der Waals surface area contributed by atoms with E-state index in [0.717, 1.165) is 17.0 Å². The Morgan fingerprint density at radius 1 is 0.912 bits per heavy atom. The first-order valence-electron chi connectivity index (χ1n) is 9.96. The van der Waals surface area contributed by atoms with Gasteiger partial charge in [0.2, 0.25) is 0 Å². The minimum absolute atomic E-state index is 0.00194. The highest BCUT2D eigenvalue weighted by molar-refractivity contribution is 6.46. The molecule has 3 aromatic rings. The van der Waals surface area contributed by atoms with Gasteiger partial charge in [0.05, 0.1) is 36.1 Å². The molecule has 9 nitrogen and oxygen atoms in total. The summed E-state index contributed by atoms with van der Waals surface area (Å²) in [6.07, 6.45) is 0. The zero-order valence-corrected chi connectivity index (χ0v) is 18.1. The summed E-state index contributed by atoms with van der Waals surface area (Å²) in [7, 11) is 2.94. The zero-order valence-electron chi connectivity index (χ0n) is 18.1. The number of hydrogen-bond acceptors (Lipinski definition) is 7. The second-order valence-electron chi connectivity index (χ2n) is 7.17. The maximum atomic E-state index is 13.4. The number of nitro groups is 1. The van der Waals surface area contributed by atoms with Crippen molar-refractivity contribution in [1.82, 2.24) is 0 Å². The van der Waals surface area contributed by atoms with Crippen LogP contribution in [-0.4, -0.2) is 31.0 Å². The maximum absolute atomic E-state index is 13.4. The molecule has 0 fully saturated rings. The quantitative estimate of drug-likeness (QED) is 0.318. The van der Waals surface area contributed by atoms with Crippen LogP contribution in [0.15, 0.2) is 72.4 Å². The van der Waals surface area contributed by atoms with Gasteiger partial charge >= 0.3 is 0 Å². The Morgan fingerprint density at radius 3 is 2.18 bits per heavy atom. The highest BCUT2D eigenvalue weighted by Gasteiger charge is 2.40. The first-order chi connectivity index (χ1) is 16.3. The monoisotopic (exact) mass is 463 g/mol. The number of methoxy groups -OCH3 is 2. The van der Waals surface area contributed by atoms with E-state index >= 15 is 0 Å². The Kier molecular flexibility index (Phi) is 5.96. The molecule has 0 aromatic heterocycles. The van der Waals surface area contributed by atoms with Crippen molar-refractivity contribution in [3.63, 3.8) is 0 Å². The molecule has 2 amide bonds. The smallest absolute Gasteiger partial charge is 0.282 e. The van der Waals surface area contributed by atoms with Crippen LogP contribution in [0, 0.1) is 15.9 Å². The second kappa shape index (κ2) is 9.02. The van der Waals surface area contributed by atoms with Crippen molar-refractivity contribution in [3.8, 4) is 11.5 Å². The van der Waals surface area contributed by atoms with Crippen LogP contribution in [0.4, 0.5) is 21.5 Å². The van der Waals surface area contributed by atoms with E-state index in [-0.39, 0.29) is 22.6 Å². The van der Waals surface area contributed by atoms with Gasteiger partial charge in [0, 0.05) is 18.2 Å². The molecule has 1 N–H and O–H groups in total. The number of ether oxygens (including phenoxy) is 2. The number of nitrogens with zero attached hydrogens (tertiary/aromatic N) is 2. The third-order valence-corrected chi connectivity index (χ3v) is 5.20. The normalized spacial score (nSPS) is 13.3. The van der Waals surface area contributed by atoms with Gasteiger partial charge in [0.1, 0.15) is 23.0 Å². The van der Waals surface area contributed by atoms with Crippen LogP contribution in [0.3, 0.4) is 0 Å². The van der Waals surface area contributed by atoms with Crippen molar-refractivity contribution in [3.05, 3.63) is 93.9 Å². The summed E-state index contributed by atoms with van der Waals surface area (Å²) in [6.45, 7) is 0. The van der Waals surface area contributed by atoms with E-state index in [4.69, 9.17) is 9.47 Å². The summed E-state index contributed by atoms with van der Waals surface area (Å²) in [5.41, 5.74) is 0.634. The number of anilines is 2. The Hall–Kier alpha value is -4.73. The zero-order chi connectivity index (χ0) is 24.4. The molecule has 34 heavy (non-hydrogen) atoms. The van der Waals surface area contributed by atoms with Crippen molar-refractivity contribution in [1.29, 1.82) is 0 Å². The van der Waals surface area contributed by atoms with Crippen molar-refractivity contribution in [2.24, 2.45) is 0 Å². The minimum atomic E-state index is -0.678. The number of non-ortho nitro benzene ring substituents is 1. The molecular weight excluding hydrogens is 445 g/mol. The highest BCUT2D eigenvalue weighted by Crippen LogP contribution is 2.37. The number of hydrogen-bond donors (Lipinski definition) is 1. The second-order valence-corrected chi connectivity index (χ2v) is 7.17. The summed E-state index contributed by atoms with van der Waals surface area (Å²) in [5.74, 6) is -0.986. The van der Waals surface area contributed by atoms with Gasteiger partial charge in [-0.3, -0.25) is 19.7 Å². The molecule has 0 unspecified atom stereocenters. The Morgan fingerprint density at radius 2 is 1.59 bits per heavy atom. The molecule has 3 aromatic carbocycles. The van der Waals surface area contributed by atoms with Crippen LogP contribution in [-0.2, 0) is 9.59 Å². The van der Waals surface area contributed by atoms with Gasteiger partial charge in [-0.2, -0.15) is 0 Å².